The Hall–Kier alpha value is -2.13. The number of likely N-dealkylation sites (tertiary alicyclic amines) is 1. The first-order chi connectivity index (χ1) is 15.0. The number of benzene rings is 1. The summed E-state index contributed by atoms with van der Waals surface area (Å²) in [7, 11) is 3.14. The zero-order chi connectivity index (χ0) is 22.0. The maximum Gasteiger partial charge on any atom is 0.272 e. The van der Waals surface area contributed by atoms with E-state index >= 15 is 0 Å². The van der Waals surface area contributed by atoms with E-state index < -0.39 is 0 Å². The lowest BCUT2D eigenvalue weighted by atomic mass is 9.99. The van der Waals surface area contributed by atoms with Crippen molar-refractivity contribution in [2.45, 2.75) is 36.2 Å². The van der Waals surface area contributed by atoms with Crippen LogP contribution in [0.3, 0.4) is 0 Å². The van der Waals surface area contributed by atoms with Gasteiger partial charge in [-0.25, -0.2) is 4.98 Å². The number of nitrogens with zero attached hydrogens (tertiary/aromatic N) is 3. The highest BCUT2D eigenvalue weighted by Crippen LogP contribution is 2.33. The Labute approximate surface area is 190 Å². The molecule has 1 saturated heterocycles. The van der Waals surface area contributed by atoms with Gasteiger partial charge in [-0.1, -0.05) is 18.7 Å². The average molecular weight is 462 g/mol. The molecule has 1 fully saturated rings. The first-order valence-electron chi connectivity index (χ1n) is 10.4. The van der Waals surface area contributed by atoms with E-state index in [9.17, 15) is 9.59 Å². The van der Waals surface area contributed by atoms with E-state index in [0.29, 0.717) is 33.2 Å². The molecule has 0 unspecified atom stereocenters. The molecule has 0 N–H and O–H groups in total. The smallest absolute Gasteiger partial charge is 0.272 e. The third-order valence-corrected chi connectivity index (χ3v) is 7.78. The summed E-state index contributed by atoms with van der Waals surface area (Å²) in [6.45, 7) is 3.83. The molecule has 0 saturated carbocycles. The highest BCUT2D eigenvalue weighted by Gasteiger charge is 2.25. The van der Waals surface area contributed by atoms with Crippen LogP contribution in [-0.4, -0.2) is 59.2 Å². The normalized spacial score (nSPS) is 16.3. The van der Waals surface area contributed by atoms with Crippen LogP contribution in [0.1, 0.15) is 25.5 Å². The molecule has 2 aliphatic rings. The van der Waals surface area contributed by atoms with Gasteiger partial charge in [-0.15, -0.1) is 11.8 Å². The number of carbonyl (C=O) groups excluding carboxylic acids is 1. The topological polar surface area (TPSA) is 73.7 Å². The molecule has 1 aromatic carbocycles. The van der Waals surface area contributed by atoms with E-state index in [4.69, 9.17) is 14.5 Å². The molecule has 0 bridgehead atoms. The molecule has 1 amide bonds. The predicted octanol–water partition coefficient (Wildman–Crippen LogP) is 3.25. The molecule has 0 aliphatic carbocycles. The minimum Gasteiger partial charge on any atom is -0.493 e. The maximum absolute atomic E-state index is 13.3. The lowest BCUT2D eigenvalue weighted by Gasteiger charge is -2.30. The summed E-state index contributed by atoms with van der Waals surface area (Å²) >= 11 is 2.87. The number of amides is 1. The van der Waals surface area contributed by atoms with Crippen molar-refractivity contribution >= 4 is 29.4 Å². The summed E-state index contributed by atoms with van der Waals surface area (Å²) in [6, 6.07) is 5.36. The number of rotatable bonds is 6. The predicted molar refractivity (Wildman–Crippen MR) is 123 cm³/mol. The van der Waals surface area contributed by atoms with Crippen molar-refractivity contribution in [3.05, 3.63) is 34.2 Å². The Balaban J connectivity index is 1.65. The number of fused-ring (bicyclic) bond motifs is 1. The first kappa shape index (κ1) is 22.1. The summed E-state index contributed by atoms with van der Waals surface area (Å²) in [4.78, 5) is 33.5. The molecule has 166 valence electrons. The summed E-state index contributed by atoms with van der Waals surface area (Å²) in [6.07, 6.45) is 2.86. The van der Waals surface area contributed by atoms with Gasteiger partial charge in [-0.05, 0) is 30.9 Å². The van der Waals surface area contributed by atoms with Gasteiger partial charge in [0.2, 0.25) is 5.91 Å². The van der Waals surface area contributed by atoms with Crippen molar-refractivity contribution in [2.24, 2.45) is 5.92 Å². The van der Waals surface area contributed by atoms with Gasteiger partial charge in [0, 0.05) is 31.3 Å². The number of piperidine rings is 1. The monoisotopic (exact) mass is 461 g/mol. The second kappa shape index (κ2) is 9.56. The molecule has 0 spiro atoms. The second-order valence-corrected chi connectivity index (χ2v) is 9.85. The van der Waals surface area contributed by atoms with Crippen LogP contribution in [0, 0.1) is 5.92 Å². The zero-order valence-corrected chi connectivity index (χ0v) is 19.7. The van der Waals surface area contributed by atoms with Gasteiger partial charge in [0.05, 0.1) is 36.2 Å². The molecular formula is C22H27N3O4S2. The van der Waals surface area contributed by atoms with E-state index in [1.165, 1.54) is 11.8 Å². The average Bonchev–Trinajstić information content (AvgIpc) is 3.26. The highest BCUT2D eigenvalue weighted by molar-refractivity contribution is 8.00. The minimum absolute atomic E-state index is 0.0959. The Morgan fingerprint density at radius 2 is 1.97 bits per heavy atom. The quantitative estimate of drug-likeness (QED) is 0.483. The number of carbonyl (C=O) groups is 1. The number of hydrogen-bond donors (Lipinski definition) is 0. The number of methoxy groups -OCH3 is 2. The Morgan fingerprint density at radius 3 is 2.68 bits per heavy atom. The Kier molecular flexibility index (Phi) is 6.81. The largest absolute Gasteiger partial charge is 0.493 e. The first-order valence-corrected chi connectivity index (χ1v) is 12.4. The fourth-order valence-electron chi connectivity index (χ4n) is 3.86. The van der Waals surface area contributed by atoms with Gasteiger partial charge in [-0.3, -0.25) is 14.2 Å². The van der Waals surface area contributed by atoms with Crippen molar-refractivity contribution in [3.8, 4) is 17.2 Å². The van der Waals surface area contributed by atoms with Crippen LogP contribution in [0.25, 0.3) is 5.69 Å². The van der Waals surface area contributed by atoms with Crippen molar-refractivity contribution in [1.29, 1.82) is 0 Å². The number of ether oxygens (including phenoxy) is 2. The summed E-state index contributed by atoms with van der Waals surface area (Å²) in [5, 5.41) is 0.539. The van der Waals surface area contributed by atoms with Crippen molar-refractivity contribution in [2.75, 3.05) is 38.8 Å². The van der Waals surface area contributed by atoms with Crippen LogP contribution in [0.4, 0.5) is 0 Å². The maximum atomic E-state index is 13.3. The van der Waals surface area contributed by atoms with Crippen molar-refractivity contribution < 1.29 is 14.3 Å². The fraction of sp³-hybridized carbons (Fsp3) is 0.500. The molecular weight excluding hydrogens is 434 g/mol. The number of aryl methyl sites for hydroxylation is 1. The number of aromatic nitrogens is 2. The summed E-state index contributed by atoms with van der Waals surface area (Å²) in [5.41, 5.74) is 1.38. The van der Waals surface area contributed by atoms with Crippen LogP contribution in [0.2, 0.25) is 0 Å². The number of hydrogen-bond acceptors (Lipinski definition) is 7. The molecule has 0 atom stereocenters. The Morgan fingerprint density at radius 1 is 1.23 bits per heavy atom. The van der Waals surface area contributed by atoms with Gasteiger partial charge in [0.25, 0.3) is 5.56 Å². The van der Waals surface area contributed by atoms with Gasteiger partial charge >= 0.3 is 0 Å². The van der Waals surface area contributed by atoms with Crippen LogP contribution in [0.15, 0.2) is 33.0 Å². The minimum atomic E-state index is -0.0959. The molecule has 7 nitrogen and oxygen atoms in total. The molecule has 31 heavy (non-hydrogen) atoms. The van der Waals surface area contributed by atoms with E-state index in [1.54, 1.807) is 42.7 Å². The van der Waals surface area contributed by atoms with Crippen LogP contribution >= 0.6 is 23.5 Å². The van der Waals surface area contributed by atoms with Crippen LogP contribution in [0.5, 0.6) is 11.5 Å². The molecule has 9 heteroatoms. The molecule has 2 aliphatic heterocycles. The van der Waals surface area contributed by atoms with Gasteiger partial charge in [-0.2, -0.15) is 0 Å². The third kappa shape index (κ3) is 4.57. The summed E-state index contributed by atoms with van der Waals surface area (Å²) < 4.78 is 12.3. The lowest BCUT2D eigenvalue weighted by molar-refractivity contribution is -0.129. The molecule has 1 aromatic heterocycles. The van der Waals surface area contributed by atoms with Crippen LogP contribution < -0.4 is 15.0 Å². The fourth-order valence-corrected chi connectivity index (χ4v) is 5.81. The van der Waals surface area contributed by atoms with Gasteiger partial charge < -0.3 is 14.4 Å². The SMILES string of the molecule is COc1ccc(-n2c(SCC(=O)N3CCC(C)CC3)nc3c(c2=O)SCC3)cc1OC. The molecule has 2 aromatic rings. The number of thioether (sulfide) groups is 2. The molecule has 3 heterocycles. The van der Waals surface area contributed by atoms with Crippen LogP contribution in [-0.2, 0) is 11.2 Å². The zero-order valence-electron chi connectivity index (χ0n) is 18.1. The van der Waals surface area contributed by atoms with Crippen molar-refractivity contribution in [1.82, 2.24) is 14.5 Å². The highest BCUT2D eigenvalue weighted by atomic mass is 32.2. The summed E-state index contributed by atoms with van der Waals surface area (Å²) in [5.74, 6) is 3.01. The molecule has 0 radical (unpaired) electrons. The van der Waals surface area contributed by atoms with E-state index in [2.05, 4.69) is 6.92 Å². The second-order valence-electron chi connectivity index (χ2n) is 7.80. The van der Waals surface area contributed by atoms with Gasteiger partial charge in [0.1, 0.15) is 0 Å². The van der Waals surface area contributed by atoms with E-state index in [1.807, 2.05) is 11.0 Å². The van der Waals surface area contributed by atoms with E-state index in [0.717, 1.165) is 43.8 Å². The lowest BCUT2D eigenvalue weighted by Crippen LogP contribution is -2.39. The molecule has 4 rings (SSSR count). The Bertz CT molecular complexity index is 1030. The van der Waals surface area contributed by atoms with E-state index in [-0.39, 0.29) is 17.2 Å². The third-order valence-electron chi connectivity index (χ3n) is 5.75. The standard InChI is InChI=1S/C22H27N3O4S2/c1-14-6-9-24(10-7-14)19(26)13-31-22-23-16-8-11-30-20(16)21(27)25(22)15-4-5-17(28-2)18(12-15)29-3/h4-5,12,14H,6-11,13H2,1-3H3. The van der Waals surface area contributed by atoms with Gasteiger partial charge in [0.15, 0.2) is 16.7 Å². The van der Waals surface area contributed by atoms with Crippen molar-refractivity contribution in [3.63, 3.8) is 0 Å².